The maximum Gasteiger partial charge on any atom is 0.333 e. The van der Waals surface area contributed by atoms with Crippen LogP contribution in [0.2, 0.25) is 0 Å². The number of ether oxygens (including phenoxy) is 1. The summed E-state index contributed by atoms with van der Waals surface area (Å²) in [6.07, 6.45) is 1.74. The van der Waals surface area contributed by atoms with Gasteiger partial charge in [0.15, 0.2) is 0 Å². The highest BCUT2D eigenvalue weighted by molar-refractivity contribution is 5.87. The molecule has 0 saturated carbocycles. The van der Waals surface area contributed by atoms with Gasteiger partial charge in [-0.15, -0.1) is 0 Å². The van der Waals surface area contributed by atoms with Crippen LogP contribution in [-0.2, 0) is 14.3 Å². The summed E-state index contributed by atoms with van der Waals surface area (Å²) in [6.45, 7) is 5.05. The molecule has 0 rings (SSSR count). The summed E-state index contributed by atoms with van der Waals surface area (Å²) < 4.78 is 4.56. The normalized spacial score (nSPS) is 11.4. The highest BCUT2D eigenvalue weighted by Gasteiger charge is 2.06. The minimum Gasteiger partial charge on any atom is -0.466 e. The molecule has 0 aliphatic rings. The molecule has 0 aromatic rings. The van der Waals surface area contributed by atoms with Crippen molar-refractivity contribution in [3.63, 3.8) is 0 Å². The van der Waals surface area contributed by atoms with Gasteiger partial charge in [0.25, 0.3) is 0 Å². The second-order valence-corrected chi connectivity index (χ2v) is 3.53. The van der Waals surface area contributed by atoms with Crippen LogP contribution in [0.1, 0.15) is 13.8 Å². The van der Waals surface area contributed by atoms with E-state index in [1.807, 2.05) is 18.9 Å². The number of carbonyl (C=O) groups excluding carboxylic acids is 2. The zero-order chi connectivity index (χ0) is 12.6. The van der Waals surface area contributed by atoms with Gasteiger partial charge in [0.05, 0.1) is 13.7 Å². The number of hydrogen-bond donors (Lipinski definition) is 1. The van der Waals surface area contributed by atoms with Crippen LogP contribution < -0.4 is 5.32 Å². The van der Waals surface area contributed by atoms with Gasteiger partial charge in [0.2, 0.25) is 5.91 Å². The first-order valence-corrected chi connectivity index (χ1v) is 5.21. The molecule has 92 valence electrons. The van der Waals surface area contributed by atoms with Gasteiger partial charge >= 0.3 is 5.97 Å². The summed E-state index contributed by atoms with van der Waals surface area (Å²) in [7, 11) is 3.16. The Bertz CT molecular complexity index is 274. The maximum atomic E-state index is 11.2. The first-order valence-electron chi connectivity index (χ1n) is 5.21. The monoisotopic (exact) mass is 228 g/mol. The Kier molecular flexibility index (Phi) is 7.20. The fraction of sp³-hybridized carbons (Fsp3) is 0.636. The van der Waals surface area contributed by atoms with Crippen LogP contribution >= 0.6 is 0 Å². The van der Waals surface area contributed by atoms with E-state index in [0.29, 0.717) is 25.2 Å². The Morgan fingerprint density at radius 3 is 2.56 bits per heavy atom. The first kappa shape index (κ1) is 14.6. The lowest BCUT2D eigenvalue weighted by molar-refractivity contribution is -0.136. The van der Waals surface area contributed by atoms with Gasteiger partial charge < -0.3 is 10.1 Å². The predicted molar refractivity (Wildman–Crippen MR) is 62.0 cm³/mol. The van der Waals surface area contributed by atoms with Crippen molar-refractivity contribution in [2.45, 2.75) is 13.8 Å². The zero-order valence-electron chi connectivity index (χ0n) is 10.4. The third-order valence-electron chi connectivity index (χ3n) is 2.00. The molecule has 5 heteroatoms. The van der Waals surface area contributed by atoms with Crippen LogP contribution in [-0.4, -0.2) is 50.6 Å². The number of hydrogen-bond acceptors (Lipinski definition) is 4. The van der Waals surface area contributed by atoms with Gasteiger partial charge in [-0.05, 0) is 20.9 Å². The molecule has 0 fully saturated rings. The van der Waals surface area contributed by atoms with Gasteiger partial charge in [-0.3, -0.25) is 9.69 Å². The largest absolute Gasteiger partial charge is 0.466 e. The van der Waals surface area contributed by atoms with Crippen molar-refractivity contribution in [3.8, 4) is 0 Å². The molecule has 0 heterocycles. The SMILES string of the molecule is CCNC(=O)CN(C)CC=C(C)C(=O)OC. The summed E-state index contributed by atoms with van der Waals surface area (Å²) >= 11 is 0. The third kappa shape index (κ3) is 6.19. The second-order valence-electron chi connectivity index (χ2n) is 3.53. The van der Waals surface area contributed by atoms with Gasteiger partial charge in [0, 0.05) is 18.7 Å². The number of carbonyl (C=O) groups is 2. The fourth-order valence-electron chi connectivity index (χ4n) is 1.10. The number of likely N-dealkylation sites (N-methyl/N-ethyl adjacent to an activating group) is 2. The highest BCUT2D eigenvalue weighted by Crippen LogP contribution is 1.96. The van der Waals surface area contributed by atoms with E-state index in [1.165, 1.54) is 7.11 Å². The average molecular weight is 228 g/mol. The van der Waals surface area contributed by atoms with E-state index >= 15 is 0 Å². The van der Waals surface area contributed by atoms with Gasteiger partial charge in [-0.25, -0.2) is 4.79 Å². The quantitative estimate of drug-likeness (QED) is 0.520. The van der Waals surface area contributed by atoms with Crippen LogP contribution in [0.4, 0.5) is 0 Å². The fourth-order valence-corrected chi connectivity index (χ4v) is 1.10. The van der Waals surface area contributed by atoms with Crippen molar-refractivity contribution >= 4 is 11.9 Å². The highest BCUT2D eigenvalue weighted by atomic mass is 16.5. The van der Waals surface area contributed by atoms with E-state index in [9.17, 15) is 9.59 Å². The molecule has 0 atom stereocenters. The minimum absolute atomic E-state index is 0.0193. The van der Waals surface area contributed by atoms with Crippen LogP contribution in [0, 0.1) is 0 Å². The van der Waals surface area contributed by atoms with Crippen molar-refractivity contribution in [1.82, 2.24) is 10.2 Å². The Morgan fingerprint density at radius 2 is 2.06 bits per heavy atom. The standard InChI is InChI=1S/C11H20N2O3/c1-5-12-10(14)8-13(3)7-6-9(2)11(15)16-4/h6H,5,7-8H2,1-4H3,(H,12,14). The number of nitrogens with zero attached hydrogens (tertiary/aromatic N) is 1. The Hall–Kier alpha value is -1.36. The minimum atomic E-state index is -0.341. The van der Waals surface area contributed by atoms with E-state index in [-0.39, 0.29) is 11.9 Å². The number of methoxy groups -OCH3 is 1. The van der Waals surface area contributed by atoms with E-state index in [0.717, 1.165) is 0 Å². The molecule has 0 radical (unpaired) electrons. The van der Waals surface area contributed by atoms with Crippen molar-refractivity contribution in [1.29, 1.82) is 0 Å². The van der Waals surface area contributed by atoms with Crippen molar-refractivity contribution in [3.05, 3.63) is 11.6 Å². The maximum absolute atomic E-state index is 11.2. The molecule has 0 saturated heterocycles. The van der Waals surface area contributed by atoms with E-state index in [2.05, 4.69) is 10.1 Å². The molecule has 0 aromatic heterocycles. The molecular formula is C11H20N2O3. The Labute approximate surface area is 96.4 Å². The molecular weight excluding hydrogens is 208 g/mol. The molecule has 1 N–H and O–H groups in total. The Balaban J connectivity index is 4.01. The third-order valence-corrected chi connectivity index (χ3v) is 2.00. The topological polar surface area (TPSA) is 58.6 Å². The lowest BCUT2D eigenvalue weighted by Crippen LogP contribution is -2.35. The number of amides is 1. The molecule has 0 aliphatic carbocycles. The van der Waals surface area contributed by atoms with Crippen LogP contribution in [0.15, 0.2) is 11.6 Å². The summed E-state index contributed by atoms with van der Waals surface area (Å²) in [5.41, 5.74) is 0.547. The second kappa shape index (κ2) is 7.87. The molecule has 0 bridgehead atoms. The summed E-state index contributed by atoms with van der Waals surface area (Å²) in [6, 6.07) is 0. The summed E-state index contributed by atoms with van der Waals surface area (Å²) in [4.78, 5) is 24.1. The molecule has 1 amide bonds. The average Bonchev–Trinajstić information content (AvgIpc) is 2.24. The zero-order valence-corrected chi connectivity index (χ0v) is 10.4. The van der Waals surface area contributed by atoms with Crippen LogP contribution in [0.25, 0.3) is 0 Å². The molecule has 0 unspecified atom stereocenters. The molecule has 0 aromatic carbocycles. The van der Waals surface area contributed by atoms with Crippen molar-refractivity contribution in [2.75, 3.05) is 33.8 Å². The molecule has 0 aliphatic heterocycles. The first-order chi connectivity index (χ1) is 7.51. The van der Waals surface area contributed by atoms with Crippen molar-refractivity contribution < 1.29 is 14.3 Å². The van der Waals surface area contributed by atoms with Gasteiger partial charge in [-0.1, -0.05) is 6.08 Å². The van der Waals surface area contributed by atoms with E-state index in [4.69, 9.17) is 0 Å². The number of rotatable bonds is 6. The van der Waals surface area contributed by atoms with Crippen LogP contribution in [0.5, 0.6) is 0 Å². The predicted octanol–water partition coefficient (Wildman–Crippen LogP) is 0.174. The molecule has 0 spiro atoms. The van der Waals surface area contributed by atoms with Gasteiger partial charge in [-0.2, -0.15) is 0 Å². The molecule has 16 heavy (non-hydrogen) atoms. The van der Waals surface area contributed by atoms with E-state index in [1.54, 1.807) is 13.0 Å². The summed E-state index contributed by atoms with van der Waals surface area (Å²) in [5, 5.41) is 2.71. The summed E-state index contributed by atoms with van der Waals surface area (Å²) in [5.74, 6) is -0.361. The van der Waals surface area contributed by atoms with Gasteiger partial charge in [0.1, 0.15) is 0 Å². The van der Waals surface area contributed by atoms with Crippen LogP contribution in [0.3, 0.4) is 0 Å². The number of nitrogens with one attached hydrogen (secondary N) is 1. The van der Waals surface area contributed by atoms with Crippen molar-refractivity contribution in [2.24, 2.45) is 0 Å². The molecule has 5 nitrogen and oxygen atoms in total. The Morgan fingerprint density at radius 1 is 1.44 bits per heavy atom. The lowest BCUT2D eigenvalue weighted by Gasteiger charge is -2.13. The van der Waals surface area contributed by atoms with E-state index < -0.39 is 0 Å². The smallest absolute Gasteiger partial charge is 0.333 e. The lowest BCUT2D eigenvalue weighted by atomic mass is 10.3. The number of esters is 1.